The molecule has 4 nitrogen and oxygen atoms in total. The number of benzene rings is 2. The first-order chi connectivity index (χ1) is 10.3. The molecule has 0 amide bonds. The van der Waals surface area contributed by atoms with Crippen LogP contribution in [0.25, 0.3) is 0 Å². The van der Waals surface area contributed by atoms with Gasteiger partial charge in [-0.2, -0.15) is 0 Å². The highest BCUT2D eigenvalue weighted by atomic mass is 16.7. The summed E-state index contributed by atoms with van der Waals surface area (Å²) in [7, 11) is 0. The Morgan fingerprint density at radius 2 is 1.76 bits per heavy atom. The van der Waals surface area contributed by atoms with E-state index in [2.05, 4.69) is 6.92 Å². The van der Waals surface area contributed by atoms with Crippen LogP contribution < -0.4 is 9.47 Å². The average molecular weight is 284 g/mol. The van der Waals surface area contributed by atoms with Crippen LogP contribution in [0.2, 0.25) is 0 Å². The summed E-state index contributed by atoms with van der Waals surface area (Å²) in [4.78, 5) is 12.0. The summed E-state index contributed by atoms with van der Waals surface area (Å²) in [5.74, 6) is 1.09. The Balaban J connectivity index is 1.62. The first-order valence-corrected chi connectivity index (χ1v) is 6.91. The van der Waals surface area contributed by atoms with Gasteiger partial charge in [0.15, 0.2) is 11.5 Å². The van der Waals surface area contributed by atoms with Crippen LogP contribution in [0.1, 0.15) is 28.4 Å². The SMILES string of the molecule is CCc1ccc(C(=O)OCc2ccc3c(c2)OCO3)cc1. The van der Waals surface area contributed by atoms with Crippen molar-refractivity contribution in [1.29, 1.82) is 0 Å². The Morgan fingerprint density at radius 1 is 1.05 bits per heavy atom. The highest BCUT2D eigenvalue weighted by Gasteiger charge is 2.14. The van der Waals surface area contributed by atoms with Gasteiger partial charge in [-0.05, 0) is 41.8 Å². The molecule has 0 unspecified atom stereocenters. The van der Waals surface area contributed by atoms with Crippen molar-refractivity contribution >= 4 is 5.97 Å². The minimum Gasteiger partial charge on any atom is -0.457 e. The molecule has 1 aliphatic heterocycles. The van der Waals surface area contributed by atoms with Gasteiger partial charge in [0.25, 0.3) is 0 Å². The molecule has 0 radical (unpaired) electrons. The molecule has 0 atom stereocenters. The number of aryl methyl sites for hydroxylation is 1. The zero-order valence-corrected chi connectivity index (χ0v) is 11.8. The van der Waals surface area contributed by atoms with E-state index in [1.807, 2.05) is 30.3 Å². The van der Waals surface area contributed by atoms with Crippen molar-refractivity contribution in [2.75, 3.05) is 6.79 Å². The second kappa shape index (κ2) is 5.87. The van der Waals surface area contributed by atoms with Crippen LogP contribution in [0.3, 0.4) is 0 Å². The molecule has 2 aromatic rings. The Labute approximate surface area is 123 Å². The Hall–Kier alpha value is -2.49. The average Bonchev–Trinajstić information content (AvgIpc) is 3.00. The molecule has 3 rings (SSSR count). The van der Waals surface area contributed by atoms with E-state index in [0.717, 1.165) is 17.7 Å². The number of hydrogen-bond acceptors (Lipinski definition) is 4. The van der Waals surface area contributed by atoms with E-state index in [1.165, 1.54) is 5.56 Å². The van der Waals surface area contributed by atoms with E-state index in [0.29, 0.717) is 11.3 Å². The summed E-state index contributed by atoms with van der Waals surface area (Å²) in [6, 6.07) is 13.0. The summed E-state index contributed by atoms with van der Waals surface area (Å²) in [6.07, 6.45) is 0.951. The van der Waals surface area contributed by atoms with Gasteiger partial charge in [0, 0.05) is 0 Å². The number of carbonyl (C=O) groups excluding carboxylic acids is 1. The number of carbonyl (C=O) groups is 1. The van der Waals surface area contributed by atoms with Gasteiger partial charge in [0.1, 0.15) is 6.61 Å². The molecule has 0 bridgehead atoms. The fourth-order valence-corrected chi connectivity index (χ4v) is 2.14. The van der Waals surface area contributed by atoms with Crippen molar-refractivity contribution in [3.63, 3.8) is 0 Å². The van der Waals surface area contributed by atoms with Crippen LogP contribution >= 0.6 is 0 Å². The maximum Gasteiger partial charge on any atom is 0.338 e. The number of rotatable bonds is 4. The van der Waals surface area contributed by atoms with Crippen molar-refractivity contribution < 1.29 is 19.0 Å². The standard InChI is InChI=1S/C17H16O4/c1-2-12-3-6-14(7-4-12)17(18)19-10-13-5-8-15-16(9-13)21-11-20-15/h3-9H,2,10-11H2,1H3. The molecule has 4 heteroatoms. The molecular formula is C17H16O4. The smallest absolute Gasteiger partial charge is 0.338 e. The predicted octanol–water partition coefficient (Wildman–Crippen LogP) is 3.33. The second-order valence-corrected chi connectivity index (χ2v) is 4.81. The van der Waals surface area contributed by atoms with Crippen molar-refractivity contribution in [2.45, 2.75) is 20.0 Å². The molecule has 2 aromatic carbocycles. The number of esters is 1. The molecule has 0 spiro atoms. The summed E-state index contributed by atoms with van der Waals surface area (Å²) in [6.45, 7) is 2.53. The fourth-order valence-electron chi connectivity index (χ4n) is 2.14. The third-order valence-corrected chi connectivity index (χ3v) is 3.40. The van der Waals surface area contributed by atoms with Crippen LogP contribution in [0, 0.1) is 0 Å². The van der Waals surface area contributed by atoms with Crippen LogP contribution in [0.5, 0.6) is 11.5 Å². The summed E-state index contributed by atoms with van der Waals surface area (Å²) in [5, 5.41) is 0. The Bertz CT molecular complexity index is 646. The minimum absolute atomic E-state index is 0.213. The van der Waals surface area contributed by atoms with E-state index < -0.39 is 0 Å². The van der Waals surface area contributed by atoms with E-state index >= 15 is 0 Å². The minimum atomic E-state index is -0.324. The molecular weight excluding hydrogens is 268 g/mol. The van der Waals surface area contributed by atoms with Crippen molar-refractivity contribution in [1.82, 2.24) is 0 Å². The molecule has 1 aliphatic rings. The molecule has 21 heavy (non-hydrogen) atoms. The third-order valence-electron chi connectivity index (χ3n) is 3.40. The third kappa shape index (κ3) is 2.99. The molecule has 0 N–H and O–H groups in total. The van der Waals surface area contributed by atoms with Gasteiger partial charge in [-0.1, -0.05) is 25.1 Å². The van der Waals surface area contributed by atoms with Gasteiger partial charge in [0.05, 0.1) is 5.56 Å². The van der Waals surface area contributed by atoms with Gasteiger partial charge >= 0.3 is 5.97 Å². The van der Waals surface area contributed by atoms with Crippen molar-refractivity contribution in [3.8, 4) is 11.5 Å². The van der Waals surface area contributed by atoms with Crippen molar-refractivity contribution in [2.24, 2.45) is 0 Å². The second-order valence-electron chi connectivity index (χ2n) is 4.81. The van der Waals surface area contributed by atoms with Gasteiger partial charge < -0.3 is 14.2 Å². The first kappa shape index (κ1) is 13.5. The quantitative estimate of drug-likeness (QED) is 0.808. The van der Waals surface area contributed by atoms with Gasteiger partial charge in [-0.15, -0.1) is 0 Å². The summed E-state index contributed by atoms with van der Waals surface area (Å²) < 4.78 is 15.8. The maximum atomic E-state index is 12.0. The van der Waals surface area contributed by atoms with Crippen LogP contribution in [0.15, 0.2) is 42.5 Å². The summed E-state index contributed by atoms with van der Waals surface area (Å²) >= 11 is 0. The van der Waals surface area contributed by atoms with Gasteiger partial charge in [-0.3, -0.25) is 0 Å². The summed E-state index contributed by atoms with van der Waals surface area (Å²) in [5.41, 5.74) is 2.63. The Kier molecular flexibility index (Phi) is 3.77. The van der Waals surface area contributed by atoms with Crippen LogP contribution in [-0.2, 0) is 17.8 Å². The van der Waals surface area contributed by atoms with Crippen LogP contribution in [-0.4, -0.2) is 12.8 Å². The molecule has 1 heterocycles. The number of hydrogen-bond donors (Lipinski definition) is 0. The van der Waals surface area contributed by atoms with Gasteiger partial charge in [-0.25, -0.2) is 4.79 Å². The Morgan fingerprint density at radius 3 is 2.52 bits per heavy atom. The van der Waals surface area contributed by atoms with E-state index in [1.54, 1.807) is 12.1 Å². The first-order valence-electron chi connectivity index (χ1n) is 6.91. The molecule has 0 aliphatic carbocycles. The molecule has 0 aromatic heterocycles. The van der Waals surface area contributed by atoms with E-state index in [-0.39, 0.29) is 19.4 Å². The maximum absolute atomic E-state index is 12.0. The number of fused-ring (bicyclic) bond motifs is 1. The topological polar surface area (TPSA) is 44.8 Å². The highest BCUT2D eigenvalue weighted by Crippen LogP contribution is 2.32. The van der Waals surface area contributed by atoms with E-state index in [9.17, 15) is 4.79 Å². The number of ether oxygens (including phenoxy) is 3. The zero-order valence-electron chi connectivity index (χ0n) is 11.8. The lowest BCUT2D eigenvalue weighted by Crippen LogP contribution is -2.05. The largest absolute Gasteiger partial charge is 0.457 e. The molecule has 108 valence electrons. The monoisotopic (exact) mass is 284 g/mol. The zero-order chi connectivity index (χ0) is 14.7. The highest BCUT2D eigenvalue weighted by molar-refractivity contribution is 5.89. The molecule has 0 saturated carbocycles. The normalized spacial score (nSPS) is 12.2. The lowest BCUT2D eigenvalue weighted by atomic mass is 10.1. The lowest BCUT2D eigenvalue weighted by Gasteiger charge is -2.06. The van der Waals surface area contributed by atoms with E-state index in [4.69, 9.17) is 14.2 Å². The fraction of sp³-hybridized carbons (Fsp3) is 0.235. The lowest BCUT2D eigenvalue weighted by molar-refractivity contribution is 0.0472. The van der Waals surface area contributed by atoms with Crippen LogP contribution in [0.4, 0.5) is 0 Å². The molecule has 0 saturated heterocycles. The predicted molar refractivity (Wildman–Crippen MR) is 77.5 cm³/mol. The van der Waals surface area contributed by atoms with Gasteiger partial charge in [0.2, 0.25) is 6.79 Å². The van der Waals surface area contributed by atoms with Crippen molar-refractivity contribution in [3.05, 3.63) is 59.2 Å². The molecule has 0 fully saturated rings.